The van der Waals surface area contributed by atoms with Crippen molar-refractivity contribution in [1.82, 2.24) is 4.31 Å². The SMILES string of the molecule is CCC(CC)(CO[C@H]1[C@H](OC)C[C@@]23COCC1(C)[C@@H]2CC[C@H]1C3=CC[C@@]2(C)[C@H](C(=O)OCc3ccccc3)[C@@](C)([C@H](C)C(C)C)CC[C@]12C)N(C)S(=O)(=O)c1ccc(C)cc1. The molecule has 2 bridgehead atoms. The number of hydrogen-bond donors (Lipinski definition) is 0. The number of rotatable bonds is 14. The summed E-state index contributed by atoms with van der Waals surface area (Å²) in [5.74, 6) is 1.10. The molecule has 0 N–H and O–H groups in total. The van der Waals surface area contributed by atoms with Crippen molar-refractivity contribution in [3.63, 3.8) is 0 Å². The van der Waals surface area contributed by atoms with E-state index in [1.165, 1.54) is 5.57 Å². The summed E-state index contributed by atoms with van der Waals surface area (Å²) in [6, 6.07) is 17.2. The highest BCUT2D eigenvalue weighted by Crippen LogP contribution is 2.75. The summed E-state index contributed by atoms with van der Waals surface area (Å²) in [5, 5.41) is 0. The highest BCUT2D eigenvalue weighted by atomic mass is 32.2. The molecule has 0 spiro atoms. The van der Waals surface area contributed by atoms with Gasteiger partial charge in [0.2, 0.25) is 10.0 Å². The highest BCUT2D eigenvalue weighted by molar-refractivity contribution is 7.89. The minimum absolute atomic E-state index is 0.0470. The normalized spacial score (nSPS) is 36.7. The van der Waals surface area contributed by atoms with Crippen LogP contribution in [0.2, 0.25) is 0 Å². The van der Waals surface area contributed by atoms with Gasteiger partial charge >= 0.3 is 5.97 Å². The summed E-state index contributed by atoms with van der Waals surface area (Å²) < 4.78 is 56.7. The van der Waals surface area contributed by atoms with Crippen molar-refractivity contribution < 1.29 is 32.2 Å². The molecule has 1 saturated heterocycles. The highest BCUT2D eigenvalue weighted by Gasteiger charge is 2.72. The molecule has 338 valence electrons. The van der Waals surface area contributed by atoms with Gasteiger partial charge in [0.15, 0.2) is 0 Å². The summed E-state index contributed by atoms with van der Waals surface area (Å²) >= 11 is 0. The van der Waals surface area contributed by atoms with Crippen LogP contribution in [0.25, 0.3) is 0 Å². The van der Waals surface area contributed by atoms with Crippen LogP contribution in [0.3, 0.4) is 0 Å². The third-order valence-electron chi connectivity index (χ3n) is 18.8. The van der Waals surface area contributed by atoms with Crippen LogP contribution < -0.4 is 0 Å². The van der Waals surface area contributed by atoms with E-state index < -0.39 is 15.6 Å². The van der Waals surface area contributed by atoms with Crippen LogP contribution in [0.1, 0.15) is 125 Å². The zero-order chi connectivity index (χ0) is 44.4. The fraction of sp³-hybridized carbons (Fsp3) is 0.712. The molecule has 9 heteroatoms. The molecular formula is C52H77NO7S. The van der Waals surface area contributed by atoms with Crippen molar-refractivity contribution in [2.45, 2.75) is 150 Å². The van der Waals surface area contributed by atoms with Crippen LogP contribution in [0.4, 0.5) is 0 Å². The van der Waals surface area contributed by atoms with Gasteiger partial charge in [0.25, 0.3) is 0 Å². The lowest BCUT2D eigenvalue weighted by Gasteiger charge is -2.71. The fourth-order valence-corrected chi connectivity index (χ4v) is 15.8. The Labute approximate surface area is 369 Å². The van der Waals surface area contributed by atoms with Gasteiger partial charge in [-0.25, -0.2) is 8.42 Å². The van der Waals surface area contributed by atoms with E-state index >= 15 is 0 Å². The van der Waals surface area contributed by atoms with E-state index in [0.717, 1.165) is 49.7 Å². The van der Waals surface area contributed by atoms with Gasteiger partial charge < -0.3 is 18.9 Å². The number of sulfonamides is 1. The first kappa shape index (κ1) is 46.4. The summed E-state index contributed by atoms with van der Waals surface area (Å²) in [4.78, 5) is 15.2. The molecule has 0 amide bonds. The lowest BCUT2D eigenvalue weighted by molar-refractivity contribution is -0.271. The number of hydrogen-bond acceptors (Lipinski definition) is 7. The topological polar surface area (TPSA) is 91.4 Å². The maximum atomic E-state index is 14.9. The first-order valence-electron chi connectivity index (χ1n) is 23.4. The second-order valence-electron chi connectivity index (χ2n) is 21.5. The van der Waals surface area contributed by atoms with E-state index in [1.807, 2.05) is 56.5 Å². The number of methoxy groups -OCH3 is 1. The molecule has 5 aliphatic rings. The molecule has 2 aromatic rings. The average Bonchev–Trinajstić information content (AvgIpc) is 3.24. The van der Waals surface area contributed by atoms with Gasteiger partial charge in [-0.05, 0) is 116 Å². The minimum Gasteiger partial charge on any atom is -0.461 e. The number of carbonyl (C=O) groups is 1. The molecule has 1 aliphatic heterocycles. The molecule has 4 aliphatic carbocycles. The molecule has 1 unspecified atom stereocenters. The molecular weight excluding hydrogens is 783 g/mol. The van der Waals surface area contributed by atoms with Crippen LogP contribution in [0.5, 0.6) is 0 Å². The van der Waals surface area contributed by atoms with Gasteiger partial charge in [-0.15, -0.1) is 0 Å². The van der Waals surface area contributed by atoms with Crippen molar-refractivity contribution in [3.8, 4) is 0 Å². The van der Waals surface area contributed by atoms with Crippen molar-refractivity contribution in [2.75, 3.05) is 34.0 Å². The lowest BCUT2D eigenvalue weighted by atomic mass is 9.34. The number of ether oxygens (including phenoxy) is 4. The summed E-state index contributed by atoms with van der Waals surface area (Å²) in [5.41, 5.74) is 1.61. The van der Waals surface area contributed by atoms with Crippen LogP contribution in [0, 0.1) is 63.6 Å². The van der Waals surface area contributed by atoms with E-state index in [1.54, 1.807) is 23.5 Å². The summed E-state index contributed by atoms with van der Waals surface area (Å²) in [6.07, 6.45) is 9.07. The number of carbonyl (C=O) groups excluding carboxylic acids is 1. The third-order valence-corrected chi connectivity index (χ3v) is 20.8. The van der Waals surface area contributed by atoms with E-state index in [4.69, 9.17) is 18.9 Å². The Morgan fingerprint density at radius 3 is 2.23 bits per heavy atom. The monoisotopic (exact) mass is 860 g/mol. The van der Waals surface area contributed by atoms with Gasteiger partial charge in [-0.3, -0.25) is 4.79 Å². The van der Waals surface area contributed by atoms with E-state index in [9.17, 15) is 13.2 Å². The number of aryl methyl sites for hydroxylation is 1. The second kappa shape index (κ2) is 16.8. The number of nitrogens with zero attached hydrogens (tertiary/aromatic N) is 1. The molecule has 7 rings (SSSR count). The Morgan fingerprint density at radius 2 is 1.61 bits per heavy atom. The van der Waals surface area contributed by atoms with Crippen molar-refractivity contribution in [1.29, 1.82) is 0 Å². The van der Waals surface area contributed by atoms with E-state index in [0.29, 0.717) is 61.2 Å². The average molecular weight is 860 g/mol. The lowest BCUT2D eigenvalue weighted by Crippen LogP contribution is -2.70. The first-order valence-corrected chi connectivity index (χ1v) is 24.9. The second-order valence-corrected chi connectivity index (χ2v) is 23.5. The number of esters is 1. The molecule has 0 aromatic heterocycles. The molecule has 3 saturated carbocycles. The number of fused-ring (bicyclic) bond motifs is 3. The van der Waals surface area contributed by atoms with Gasteiger partial charge in [-0.2, -0.15) is 4.31 Å². The predicted molar refractivity (Wildman–Crippen MR) is 242 cm³/mol. The maximum absolute atomic E-state index is 14.9. The quantitative estimate of drug-likeness (QED) is 0.138. The third kappa shape index (κ3) is 7.21. The van der Waals surface area contributed by atoms with Crippen LogP contribution in [-0.2, 0) is 40.4 Å². The minimum atomic E-state index is -3.78. The smallest absolute Gasteiger partial charge is 0.310 e. The van der Waals surface area contributed by atoms with Crippen molar-refractivity contribution in [3.05, 3.63) is 77.4 Å². The molecule has 11 atom stereocenters. The Balaban J connectivity index is 1.21. The Hall–Kier alpha value is -2.56. The number of benzene rings is 2. The largest absolute Gasteiger partial charge is 0.461 e. The standard InChI is InChI=1S/C52H77NO7S/c1-13-51(14-2,53(11)61(55,56)39-22-20-36(5)21-23-39)33-60-45-42(57-12)30-52-34-58-32-48(45,8)43(52)25-24-40-41(52)26-27-50(10)44(46(54)59-31-38-18-16-15-17-19-38)47(7,37(6)35(3)4)28-29-49(40,50)9/h15-23,26,35,37,40,42-45H,13-14,24-25,27-34H2,1-12H3/t37-,40+,42-,43+,44-,45+,47-,48?,49-,50+,52+/m1/s1. The first-order chi connectivity index (χ1) is 28.7. The van der Waals surface area contributed by atoms with Crippen LogP contribution in [-0.4, -0.2) is 70.4 Å². The Morgan fingerprint density at radius 1 is 0.934 bits per heavy atom. The molecule has 61 heavy (non-hydrogen) atoms. The van der Waals surface area contributed by atoms with Crippen molar-refractivity contribution >= 4 is 16.0 Å². The van der Waals surface area contributed by atoms with Gasteiger partial charge in [0, 0.05) is 25.0 Å². The predicted octanol–water partition coefficient (Wildman–Crippen LogP) is 10.8. The zero-order valence-corrected chi connectivity index (χ0v) is 40.3. The summed E-state index contributed by atoms with van der Waals surface area (Å²) in [7, 11) is -0.246. The van der Waals surface area contributed by atoms with Crippen LogP contribution in [0.15, 0.2) is 71.1 Å². The van der Waals surface area contributed by atoms with Crippen LogP contribution >= 0.6 is 0 Å². The van der Waals surface area contributed by atoms with E-state index in [-0.39, 0.29) is 57.8 Å². The van der Waals surface area contributed by atoms with Gasteiger partial charge in [0.05, 0.1) is 48.4 Å². The zero-order valence-electron chi connectivity index (χ0n) is 39.5. The Kier molecular flexibility index (Phi) is 12.8. The number of likely N-dealkylation sites (N-methyl/N-ethyl adjacent to an activating group) is 1. The Bertz CT molecular complexity index is 2030. The molecule has 2 aromatic carbocycles. The maximum Gasteiger partial charge on any atom is 0.310 e. The van der Waals surface area contributed by atoms with Gasteiger partial charge in [-0.1, -0.05) is 122 Å². The number of allylic oxidation sites excluding steroid dienone is 1. The molecule has 1 heterocycles. The molecule has 4 fully saturated rings. The molecule has 8 nitrogen and oxygen atoms in total. The summed E-state index contributed by atoms with van der Waals surface area (Å²) in [6.45, 7) is 24.5. The van der Waals surface area contributed by atoms with Crippen molar-refractivity contribution in [2.24, 2.45) is 56.7 Å². The van der Waals surface area contributed by atoms with Gasteiger partial charge in [0.1, 0.15) is 6.61 Å². The fourth-order valence-electron chi connectivity index (χ4n) is 14.2. The van der Waals surface area contributed by atoms with E-state index in [2.05, 4.69) is 68.4 Å². The molecule has 0 radical (unpaired) electrons.